The quantitative estimate of drug-likeness (QED) is 0.813. The van der Waals surface area contributed by atoms with E-state index in [-0.39, 0.29) is 10.2 Å². The predicted molar refractivity (Wildman–Crippen MR) is 54.0 cm³/mol. The van der Waals surface area contributed by atoms with Crippen molar-refractivity contribution >= 4 is 26.7 Å². The predicted octanol–water partition coefficient (Wildman–Crippen LogP) is 0.370. The summed E-state index contributed by atoms with van der Waals surface area (Å²) in [5.41, 5.74) is 0. The third-order valence-corrected chi connectivity index (χ3v) is 3.63. The number of nitrogens with zero attached hydrogens (tertiary/aromatic N) is 3. The third-order valence-electron chi connectivity index (χ3n) is 1.51. The van der Waals surface area contributed by atoms with Gasteiger partial charge in [0.05, 0.1) is 12.5 Å². The molecule has 7 nitrogen and oxygen atoms in total. The zero-order valence-corrected chi connectivity index (χ0v) is 9.26. The summed E-state index contributed by atoms with van der Waals surface area (Å²) in [6, 6.07) is 0. The Kier molecular flexibility index (Phi) is 2.40. The normalized spacial score (nSPS) is 11.5. The average molecular weight is 245 g/mol. The monoisotopic (exact) mass is 245 g/mol. The van der Waals surface area contributed by atoms with Crippen LogP contribution in [0.5, 0.6) is 0 Å². The Labute approximate surface area is 89.8 Å². The van der Waals surface area contributed by atoms with Gasteiger partial charge in [-0.15, -0.1) is 0 Å². The van der Waals surface area contributed by atoms with Crippen molar-refractivity contribution in [2.45, 2.75) is 11.9 Å². The summed E-state index contributed by atoms with van der Waals surface area (Å²) in [5, 5.41) is 0.234. The summed E-state index contributed by atoms with van der Waals surface area (Å²) in [4.78, 5) is 10.0. The summed E-state index contributed by atoms with van der Waals surface area (Å²) in [6.07, 6.45) is 2.51. The van der Waals surface area contributed by atoms with E-state index in [9.17, 15) is 8.42 Å². The van der Waals surface area contributed by atoms with Crippen LogP contribution in [0.4, 0.5) is 5.13 Å². The van der Waals surface area contributed by atoms with E-state index < -0.39 is 10.0 Å². The summed E-state index contributed by atoms with van der Waals surface area (Å²) in [6.45, 7) is 1.69. The Morgan fingerprint density at radius 2 is 2.33 bits per heavy atom. The maximum atomic E-state index is 11.6. The standard InChI is InChI=1S/C6H7N5O2S2/c1-4-9-6(14-10-4)11-15(12,13)5-2-7-3-8-5/h2-3H,1H3,(H,7,8)(H,9,10,11). The van der Waals surface area contributed by atoms with Gasteiger partial charge in [-0.05, 0) is 6.92 Å². The molecule has 2 N–H and O–H groups in total. The molecular formula is C6H7N5O2S2. The third kappa shape index (κ3) is 2.13. The first kappa shape index (κ1) is 10.1. The molecule has 0 aliphatic rings. The van der Waals surface area contributed by atoms with Gasteiger partial charge in [0.25, 0.3) is 10.0 Å². The van der Waals surface area contributed by atoms with Gasteiger partial charge in [-0.2, -0.15) is 12.8 Å². The largest absolute Gasteiger partial charge is 0.334 e. The molecule has 0 saturated carbocycles. The van der Waals surface area contributed by atoms with Crippen molar-refractivity contribution in [2.24, 2.45) is 0 Å². The zero-order chi connectivity index (χ0) is 10.9. The minimum absolute atomic E-state index is 0.00430. The molecule has 80 valence electrons. The summed E-state index contributed by atoms with van der Waals surface area (Å²) in [5.74, 6) is 0.530. The Morgan fingerprint density at radius 1 is 1.53 bits per heavy atom. The van der Waals surface area contributed by atoms with Gasteiger partial charge < -0.3 is 4.98 Å². The second-order valence-electron chi connectivity index (χ2n) is 2.67. The van der Waals surface area contributed by atoms with E-state index in [4.69, 9.17) is 0 Å². The first-order valence-electron chi connectivity index (χ1n) is 3.89. The van der Waals surface area contributed by atoms with Crippen LogP contribution in [0.2, 0.25) is 0 Å². The Morgan fingerprint density at radius 3 is 2.87 bits per heavy atom. The first-order valence-corrected chi connectivity index (χ1v) is 6.15. The van der Waals surface area contributed by atoms with E-state index in [1.54, 1.807) is 6.92 Å². The van der Waals surface area contributed by atoms with Gasteiger partial charge in [0.15, 0.2) is 5.03 Å². The highest BCUT2D eigenvalue weighted by atomic mass is 32.2. The number of sulfonamides is 1. The van der Waals surface area contributed by atoms with E-state index in [1.807, 2.05) is 0 Å². The van der Waals surface area contributed by atoms with Crippen LogP contribution in [0.15, 0.2) is 17.6 Å². The van der Waals surface area contributed by atoms with E-state index in [0.29, 0.717) is 5.82 Å². The van der Waals surface area contributed by atoms with Crippen LogP contribution in [0.25, 0.3) is 0 Å². The summed E-state index contributed by atoms with van der Waals surface area (Å²) < 4.78 is 29.4. The van der Waals surface area contributed by atoms with Crippen LogP contribution in [-0.4, -0.2) is 27.7 Å². The second kappa shape index (κ2) is 3.59. The Hall–Kier alpha value is -1.48. The second-order valence-corrected chi connectivity index (χ2v) is 5.07. The molecular weight excluding hydrogens is 238 g/mol. The molecule has 0 aliphatic heterocycles. The molecule has 0 fully saturated rings. The Balaban J connectivity index is 2.26. The van der Waals surface area contributed by atoms with E-state index in [2.05, 4.69) is 24.0 Å². The molecule has 15 heavy (non-hydrogen) atoms. The van der Waals surface area contributed by atoms with Crippen molar-refractivity contribution < 1.29 is 8.42 Å². The van der Waals surface area contributed by atoms with Crippen molar-refractivity contribution in [3.63, 3.8) is 0 Å². The van der Waals surface area contributed by atoms with Crippen LogP contribution in [0, 0.1) is 6.92 Å². The molecule has 0 amide bonds. The lowest BCUT2D eigenvalue weighted by atomic mass is 10.8. The van der Waals surface area contributed by atoms with E-state index >= 15 is 0 Å². The molecule has 2 heterocycles. The highest BCUT2D eigenvalue weighted by Crippen LogP contribution is 2.15. The molecule has 0 aliphatic carbocycles. The molecule has 0 aromatic carbocycles. The fourth-order valence-electron chi connectivity index (χ4n) is 0.899. The number of aryl methyl sites for hydroxylation is 1. The van der Waals surface area contributed by atoms with Gasteiger partial charge in [-0.25, -0.2) is 9.97 Å². The number of hydrogen-bond acceptors (Lipinski definition) is 6. The highest BCUT2D eigenvalue weighted by molar-refractivity contribution is 7.92. The van der Waals surface area contributed by atoms with Crippen LogP contribution < -0.4 is 4.72 Å². The summed E-state index contributed by atoms with van der Waals surface area (Å²) in [7, 11) is -3.62. The smallest absolute Gasteiger partial charge is 0.280 e. The van der Waals surface area contributed by atoms with Crippen molar-refractivity contribution in [1.82, 2.24) is 19.3 Å². The van der Waals surface area contributed by atoms with Gasteiger partial charge >= 0.3 is 0 Å². The molecule has 0 bridgehead atoms. The van der Waals surface area contributed by atoms with Gasteiger partial charge in [-0.3, -0.25) is 4.72 Å². The minimum atomic E-state index is -3.62. The van der Waals surface area contributed by atoms with Crippen LogP contribution >= 0.6 is 11.5 Å². The maximum absolute atomic E-state index is 11.6. The number of aromatic amines is 1. The van der Waals surface area contributed by atoms with Crippen molar-refractivity contribution in [3.8, 4) is 0 Å². The van der Waals surface area contributed by atoms with Crippen LogP contribution in [-0.2, 0) is 10.0 Å². The molecule has 9 heteroatoms. The SMILES string of the molecule is Cc1nsc(NS(=O)(=O)c2cnc[nH]2)n1. The number of nitrogens with one attached hydrogen (secondary N) is 2. The fourth-order valence-corrected chi connectivity index (χ4v) is 2.60. The van der Waals surface area contributed by atoms with Crippen LogP contribution in [0.1, 0.15) is 5.82 Å². The molecule has 2 aromatic rings. The molecule has 0 saturated heterocycles. The van der Waals surface area contributed by atoms with Crippen molar-refractivity contribution in [3.05, 3.63) is 18.3 Å². The lowest BCUT2D eigenvalue weighted by Gasteiger charge is -2.00. The molecule has 0 radical (unpaired) electrons. The van der Waals surface area contributed by atoms with E-state index in [1.165, 1.54) is 12.5 Å². The molecule has 0 unspecified atom stereocenters. The van der Waals surface area contributed by atoms with Crippen molar-refractivity contribution in [1.29, 1.82) is 0 Å². The maximum Gasteiger partial charge on any atom is 0.280 e. The summed E-state index contributed by atoms with van der Waals surface area (Å²) >= 11 is 0.988. The molecule has 0 spiro atoms. The zero-order valence-electron chi connectivity index (χ0n) is 7.63. The molecule has 0 atom stereocenters. The number of imidazole rings is 1. The minimum Gasteiger partial charge on any atom is -0.334 e. The number of rotatable bonds is 3. The highest BCUT2D eigenvalue weighted by Gasteiger charge is 2.17. The average Bonchev–Trinajstić information content (AvgIpc) is 2.75. The molecule has 2 rings (SSSR count). The topological polar surface area (TPSA) is 101 Å². The van der Waals surface area contributed by atoms with Crippen LogP contribution in [0.3, 0.4) is 0 Å². The number of aromatic nitrogens is 4. The van der Waals surface area contributed by atoms with Gasteiger partial charge in [0, 0.05) is 11.5 Å². The number of hydrogen-bond donors (Lipinski definition) is 2. The van der Waals surface area contributed by atoms with Gasteiger partial charge in [0.1, 0.15) is 5.82 Å². The fraction of sp³-hybridized carbons (Fsp3) is 0.167. The lowest BCUT2D eigenvalue weighted by Crippen LogP contribution is -2.13. The first-order chi connectivity index (χ1) is 7.08. The molecule has 2 aromatic heterocycles. The lowest BCUT2D eigenvalue weighted by molar-refractivity contribution is 0.598. The Bertz CT molecular complexity index is 544. The number of anilines is 1. The van der Waals surface area contributed by atoms with Gasteiger partial charge in [-0.1, -0.05) is 0 Å². The van der Waals surface area contributed by atoms with Crippen molar-refractivity contribution in [2.75, 3.05) is 4.72 Å². The van der Waals surface area contributed by atoms with E-state index in [0.717, 1.165) is 11.5 Å². The van der Waals surface area contributed by atoms with Gasteiger partial charge in [0.2, 0.25) is 5.13 Å². The number of H-pyrrole nitrogens is 1.